The van der Waals surface area contributed by atoms with E-state index in [2.05, 4.69) is 17.3 Å². The van der Waals surface area contributed by atoms with E-state index in [4.69, 9.17) is 20.0 Å². The van der Waals surface area contributed by atoms with Gasteiger partial charge in [-0.25, -0.2) is 9.69 Å². The molecule has 0 saturated carbocycles. The van der Waals surface area contributed by atoms with E-state index in [0.29, 0.717) is 12.3 Å². The van der Waals surface area contributed by atoms with Gasteiger partial charge in [0.15, 0.2) is 6.10 Å². The monoisotopic (exact) mass is 499 g/mol. The van der Waals surface area contributed by atoms with Crippen LogP contribution < -0.4 is 5.73 Å². The average Bonchev–Trinajstić information content (AvgIpc) is 3.53. The maximum Gasteiger partial charge on any atom is 0.416 e. The Bertz CT molecular complexity index is 1260. The van der Waals surface area contributed by atoms with Crippen molar-refractivity contribution in [1.29, 1.82) is 0 Å². The number of hydrogen-bond donors (Lipinski definition) is 1. The SMILES string of the molecule is COC1=NOC(CN(C(=O)OCC2c3ccccc3-c3ccccc32)C(=O)[C@@H](N)Cc2ccccc2)C1. The van der Waals surface area contributed by atoms with Crippen molar-refractivity contribution < 1.29 is 23.9 Å². The number of rotatable bonds is 7. The zero-order valence-electron chi connectivity index (χ0n) is 20.6. The lowest BCUT2D eigenvalue weighted by Gasteiger charge is -2.26. The van der Waals surface area contributed by atoms with E-state index in [1.54, 1.807) is 0 Å². The summed E-state index contributed by atoms with van der Waals surface area (Å²) in [5, 5.41) is 3.85. The maximum atomic E-state index is 13.4. The molecule has 2 amide bonds. The number of methoxy groups -OCH3 is 1. The molecule has 3 aromatic carbocycles. The number of oxime groups is 1. The van der Waals surface area contributed by atoms with Crippen molar-refractivity contribution in [2.24, 2.45) is 10.9 Å². The van der Waals surface area contributed by atoms with Gasteiger partial charge in [-0.3, -0.25) is 4.79 Å². The Kier molecular flexibility index (Phi) is 7.18. The van der Waals surface area contributed by atoms with E-state index >= 15 is 0 Å². The molecule has 5 rings (SSSR count). The van der Waals surface area contributed by atoms with Crippen LogP contribution in [-0.2, 0) is 25.5 Å². The molecule has 190 valence electrons. The first-order valence-corrected chi connectivity index (χ1v) is 12.3. The first kappa shape index (κ1) is 24.5. The zero-order valence-corrected chi connectivity index (χ0v) is 20.6. The molecule has 1 heterocycles. The fraction of sp³-hybridized carbons (Fsp3) is 0.276. The van der Waals surface area contributed by atoms with Gasteiger partial charge in [0.1, 0.15) is 6.61 Å². The molecule has 0 saturated heterocycles. The van der Waals surface area contributed by atoms with Gasteiger partial charge >= 0.3 is 6.09 Å². The Morgan fingerprint density at radius 2 is 1.62 bits per heavy atom. The predicted octanol–water partition coefficient (Wildman–Crippen LogP) is 4.08. The molecule has 37 heavy (non-hydrogen) atoms. The first-order valence-electron chi connectivity index (χ1n) is 12.3. The summed E-state index contributed by atoms with van der Waals surface area (Å²) in [6.45, 7) is 0.0459. The third-order valence-corrected chi connectivity index (χ3v) is 6.77. The van der Waals surface area contributed by atoms with Crippen LogP contribution in [0.3, 0.4) is 0 Å². The molecular weight excluding hydrogens is 470 g/mol. The Labute approximate surface area is 215 Å². The van der Waals surface area contributed by atoms with E-state index < -0.39 is 24.1 Å². The second-order valence-electron chi connectivity index (χ2n) is 9.17. The van der Waals surface area contributed by atoms with Gasteiger partial charge in [-0.2, -0.15) is 0 Å². The third-order valence-electron chi connectivity index (χ3n) is 6.77. The van der Waals surface area contributed by atoms with Crippen LogP contribution in [0.1, 0.15) is 29.0 Å². The molecule has 2 aliphatic rings. The molecule has 0 radical (unpaired) electrons. The number of fused-ring (bicyclic) bond motifs is 3. The molecule has 8 nitrogen and oxygen atoms in total. The Morgan fingerprint density at radius 3 is 2.24 bits per heavy atom. The molecule has 3 aromatic rings. The van der Waals surface area contributed by atoms with E-state index in [0.717, 1.165) is 32.7 Å². The van der Waals surface area contributed by atoms with Crippen molar-refractivity contribution in [3.05, 3.63) is 95.6 Å². The second-order valence-corrected chi connectivity index (χ2v) is 9.17. The van der Waals surface area contributed by atoms with Crippen LogP contribution >= 0.6 is 0 Å². The number of hydrogen-bond acceptors (Lipinski definition) is 7. The van der Waals surface area contributed by atoms with E-state index in [1.165, 1.54) is 7.11 Å². The van der Waals surface area contributed by atoms with Gasteiger partial charge < -0.3 is 20.0 Å². The van der Waals surface area contributed by atoms with Gasteiger partial charge in [0.05, 0.1) is 26.1 Å². The van der Waals surface area contributed by atoms with Crippen LogP contribution in [0.2, 0.25) is 0 Å². The lowest BCUT2D eigenvalue weighted by Crippen LogP contribution is -2.50. The van der Waals surface area contributed by atoms with Crippen LogP contribution in [0.5, 0.6) is 0 Å². The smallest absolute Gasteiger partial charge is 0.416 e. The topological polar surface area (TPSA) is 103 Å². The average molecular weight is 500 g/mol. The van der Waals surface area contributed by atoms with Gasteiger partial charge in [-0.1, -0.05) is 84.0 Å². The summed E-state index contributed by atoms with van der Waals surface area (Å²) in [5.74, 6) is -0.258. The van der Waals surface area contributed by atoms with Crippen molar-refractivity contribution in [2.75, 3.05) is 20.3 Å². The summed E-state index contributed by atoms with van der Waals surface area (Å²) in [6, 6.07) is 24.7. The number of nitrogens with two attached hydrogens (primary N) is 1. The summed E-state index contributed by atoms with van der Waals surface area (Å²) in [4.78, 5) is 33.2. The summed E-state index contributed by atoms with van der Waals surface area (Å²) >= 11 is 0. The molecule has 8 heteroatoms. The number of benzene rings is 3. The largest absolute Gasteiger partial charge is 0.482 e. The number of carbonyl (C=O) groups excluding carboxylic acids is 2. The highest BCUT2D eigenvalue weighted by molar-refractivity contribution is 5.95. The molecule has 1 aliphatic heterocycles. The van der Waals surface area contributed by atoms with E-state index in [1.807, 2.05) is 66.7 Å². The number of nitrogens with zero attached hydrogens (tertiary/aromatic N) is 2. The van der Waals surface area contributed by atoms with Crippen molar-refractivity contribution in [3.63, 3.8) is 0 Å². The zero-order chi connectivity index (χ0) is 25.8. The van der Waals surface area contributed by atoms with Crippen molar-refractivity contribution in [2.45, 2.75) is 30.9 Å². The minimum absolute atomic E-state index is 0.0473. The van der Waals surface area contributed by atoms with Crippen molar-refractivity contribution in [1.82, 2.24) is 4.90 Å². The molecular formula is C29H29N3O5. The normalized spacial score (nSPS) is 16.7. The van der Waals surface area contributed by atoms with Gasteiger partial charge in [-0.15, -0.1) is 0 Å². The predicted molar refractivity (Wildman–Crippen MR) is 139 cm³/mol. The summed E-state index contributed by atoms with van der Waals surface area (Å²) < 4.78 is 10.9. The second kappa shape index (κ2) is 10.8. The highest BCUT2D eigenvalue weighted by Crippen LogP contribution is 2.44. The third kappa shape index (κ3) is 5.20. The quantitative estimate of drug-likeness (QED) is 0.525. The standard InChI is InChI=1S/C29H29N3O5/c1-35-27-16-20(37-31-27)17-32(28(33)26(30)15-19-9-3-2-4-10-19)29(34)36-18-25-23-13-7-5-11-21(23)22-12-6-8-14-24(22)25/h2-14,20,25-26H,15-18,30H2,1H3/t20?,26-/m0/s1. The number of amides is 2. The van der Waals surface area contributed by atoms with Gasteiger partial charge in [0, 0.05) is 5.92 Å². The molecule has 0 fully saturated rings. The van der Waals surface area contributed by atoms with Crippen LogP contribution in [0.25, 0.3) is 11.1 Å². The molecule has 2 N–H and O–H groups in total. The summed E-state index contributed by atoms with van der Waals surface area (Å²) in [5.41, 5.74) is 11.6. The molecule has 1 aliphatic carbocycles. The number of carbonyl (C=O) groups is 2. The molecule has 2 atom stereocenters. The van der Waals surface area contributed by atoms with Crippen LogP contribution in [0.4, 0.5) is 4.79 Å². The highest BCUT2D eigenvalue weighted by Gasteiger charge is 2.35. The summed E-state index contributed by atoms with van der Waals surface area (Å²) in [7, 11) is 1.49. The lowest BCUT2D eigenvalue weighted by atomic mass is 9.98. The lowest BCUT2D eigenvalue weighted by molar-refractivity contribution is -0.132. The Hall–Kier alpha value is -4.17. The fourth-order valence-corrected chi connectivity index (χ4v) is 4.91. The van der Waals surface area contributed by atoms with E-state index in [-0.39, 0.29) is 25.5 Å². The minimum Gasteiger partial charge on any atom is -0.482 e. The fourth-order valence-electron chi connectivity index (χ4n) is 4.91. The number of imide groups is 1. The molecule has 0 bridgehead atoms. The summed E-state index contributed by atoms with van der Waals surface area (Å²) in [6.07, 6.45) is -0.670. The van der Waals surface area contributed by atoms with Crippen LogP contribution in [0, 0.1) is 0 Å². The molecule has 0 spiro atoms. The van der Waals surface area contributed by atoms with Gasteiger partial charge in [0.25, 0.3) is 0 Å². The Morgan fingerprint density at radius 1 is 1.00 bits per heavy atom. The van der Waals surface area contributed by atoms with E-state index in [9.17, 15) is 9.59 Å². The molecule has 1 unspecified atom stereocenters. The maximum absolute atomic E-state index is 13.4. The Balaban J connectivity index is 1.32. The van der Waals surface area contributed by atoms with Gasteiger partial charge in [-0.05, 0) is 34.2 Å². The van der Waals surface area contributed by atoms with Crippen molar-refractivity contribution in [3.8, 4) is 11.1 Å². The number of ether oxygens (including phenoxy) is 2. The van der Waals surface area contributed by atoms with Crippen LogP contribution in [0.15, 0.2) is 84.0 Å². The van der Waals surface area contributed by atoms with Crippen molar-refractivity contribution >= 4 is 17.9 Å². The van der Waals surface area contributed by atoms with Gasteiger partial charge in [0.2, 0.25) is 11.8 Å². The van der Waals surface area contributed by atoms with Crippen LogP contribution in [-0.4, -0.2) is 55.2 Å². The minimum atomic E-state index is -0.924. The highest BCUT2D eigenvalue weighted by atomic mass is 16.7. The molecule has 0 aromatic heterocycles. The first-order chi connectivity index (χ1) is 18.0.